The van der Waals surface area contributed by atoms with E-state index < -0.39 is 0 Å². The van der Waals surface area contributed by atoms with Crippen molar-refractivity contribution in [3.63, 3.8) is 0 Å². The fraction of sp³-hybridized carbons (Fsp3) is 0.625. The summed E-state index contributed by atoms with van der Waals surface area (Å²) in [5, 5.41) is 10.1. The van der Waals surface area contributed by atoms with Crippen LogP contribution in [0, 0.1) is 5.92 Å². The molecule has 2 heterocycles. The van der Waals surface area contributed by atoms with E-state index in [0.717, 1.165) is 34.4 Å². The molecule has 2 aromatic rings. The van der Waals surface area contributed by atoms with Crippen molar-refractivity contribution in [3.05, 3.63) is 11.4 Å². The molecule has 0 aromatic carbocycles. The Hall–Kier alpha value is -1.36. The van der Waals surface area contributed by atoms with E-state index in [-0.39, 0.29) is 0 Å². The third-order valence-electron chi connectivity index (χ3n) is 4.38. The predicted octanol–water partition coefficient (Wildman–Crippen LogP) is 4.50. The summed E-state index contributed by atoms with van der Waals surface area (Å²) in [5.41, 5.74) is 0. The molecule has 1 unspecified atom stereocenters. The third kappa shape index (κ3) is 3.28. The molecule has 0 radical (unpaired) electrons. The summed E-state index contributed by atoms with van der Waals surface area (Å²) < 4.78 is 0. The van der Waals surface area contributed by atoms with Crippen molar-refractivity contribution in [2.75, 3.05) is 17.2 Å². The van der Waals surface area contributed by atoms with Gasteiger partial charge in [-0.15, -0.1) is 11.3 Å². The first kappa shape index (κ1) is 14.6. The lowest BCUT2D eigenvalue weighted by molar-refractivity contribution is 0.328. The molecule has 1 aliphatic rings. The first-order valence-corrected chi connectivity index (χ1v) is 8.91. The number of nitrogens with zero attached hydrogens (tertiary/aromatic N) is 2. The van der Waals surface area contributed by atoms with E-state index >= 15 is 0 Å². The first-order valence-electron chi connectivity index (χ1n) is 8.03. The Morgan fingerprint density at radius 1 is 1.29 bits per heavy atom. The second-order valence-corrected chi connectivity index (χ2v) is 6.79. The number of anilines is 2. The summed E-state index contributed by atoms with van der Waals surface area (Å²) >= 11 is 1.67. The molecule has 3 rings (SSSR count). The number of rotatable bonds is 5. The highest BCUT2D eigenvalue weighted by molar-refractivity contribution is 7.16. The van der Waals surface area contributed by atoms with E-state index in [1.54, 1.807) is 11.3 Å². The lowest BCUT2D eigenvalue weighted by Gasteiger charge is -2.28. The molecule has 114 valence electrons. The second kappa shape index (κ2) is 6.60. The lowest BCUT2D eigenvalue weighted by Crippen LogP contribution is -2.28. The van der Waals surface area contributed by atoms with Crippen LogP contribution in [0.3, 0.4) is 0 Å². The number of hydrogen-bond acceptors (Lipinski definition) is 5. The molecule has 1 fully saturated rings. The molecule has 0 bridgehead atoms. The fourth-order valence-electron chi connectivity index (χ4n) is 3.17. The molecule has 5 heteroatoms. The van der Waals surface area contributed by atoms with Crippen LogP contribution in [0.25, 0.3) is 10.2 Å². The summed E-state index contributed by atoms with van der Waals surface area (Å²) in [6, 6.07) is 2.59. The summed E-state index contributed by atoms with van der Waals surface area (Å²) in [5.74, 6) is 2.48. The Bertz CT molecular complexity index is 589. The van der Waals surface area contributed by atoms with Gasteiger partial charge in [0.05, 0.1) is 5.39 Å². The third-order valence-corrected chi connectivity index (χ3v) is 5.19. The highest BCUT2D eigenvalue weighted by Crippen LogP contribution is 2.31. The molecule has 0 aliphatic heterocycles. The molecule has 2 aromatic heterocycles. The maximum atomic E-state index is 4.67. The van der Waals surface area contributed by atoms with Gasteiger partial charge in [-0.2, -0.15) is 4.98 Å². The molecule has 1 saturated carbocycles. The molecule has 4 nitrogen and oxygen atoms in total. The van der Waals surface area contributed by atoms with E-state index in [9.17, 15) is 0 Å². The summed E-state index contributed by atoms with van der Waals surface area (Å²) in [6.07, 6.45) is 6.82. The first-order chi connectivity index (χ1) is 10.3. The van der Waals surface area contributed by atoms with Gasteiger partial charge >= 0.3 is 0 Å². The molecule has 0 amide bonds. The van der Waals surface area contributed by atoms with E-state index in [4.69, 9.17) is 0 Å². The fourth-order valence-corrected chi connectivity index (χ4v) is 3.93. The van der Waals surface area contributed by atoms with Crippen molar-refractivity contribution < 1.29 is 0 Å². The van der Waals surface area contributed by atoms with Crippen molar-refractivity contribution >= 4 is 33.3 Å². The van der Waals surface area contributed by atoms with Crippen molar-refractivity contribution in [1.82, 2.24) is 9.97 Å². The van der Waals surface area contributed by atoms with Crippen LogP contribution in [-0.4, -0.2) is 22.6 Å². The van der Waals surface area contributed by atoms with Gasteiger partial charge in [-0.05, 0) is 44.1 Å². The van der Waals surface area contributed by atoms with Gasteiger partial charge in [0.1, 0.15) is 10.6 Å². The molecular formula is C16H24N4S. The largest absolute Gasteiger partial charge is 0.367 e. The van der Waals surface area contributed by atoms with Crippen LogP contribution in [0.5, 0.6) is 0 Å². The zero-order chi connectivity index (χ0) is 14.7. The molecule has 1 aliphatic carbocycles. The van der Waals surface area contributed by atoms with Crippen molar-refractivity contribution in [2.24, 2.45) is 5.92 Å². The quantitative estimate of drug-likeness (QED) is 0.853. The van der Waals surface area contributed by atoms with Crippen LogP contribution < -0.4 is 10.6 Å². The van der Waals surface area contributed by atoms with E-state index in [2.05, 4.69) is 45.9 Å². The van der Waals surface area contributed by atoms with Gasteiger partial charge in [-0.1, -0.05) is 19.3 Å². The van der Waals surface area contributed by atoms with Crippen LogP contribution in [0.1, 0.15) is 46.0 Å². The molecule has 0 spiro atoms. The Kier molecular flexibility index (Phi) is 4.58. The molecule has 21 heavy (non-hydrogen) atoms. The van der Waals surface area contributed by atoms with E-state index in [0.29, 0.717) is 6.04 Å². The number of nitrogens with one attached hydrogen (secondary N) is 2. The second-order valence-electron chi connectivity index (χ2n) is 5.90. The van der Waals surface area contributed by atoms with Gasteiger partial charge < -0.3 is 10.6 Å². The number of thiophene rings is 1. The highest BCUT2D eigenvalue weighted by Gasteiger charge is 2.21. The van der Waals surface area contributed by atoms with Gasteiger partial charge in [0.25, 0.3) is 0 Å². The Morgan fingerprint density at radius 2 is 2.10 bits per heavy atom. The minimum absolute atomic E-state index is 0.470. The summed E-state index contributed by atoms with van der Waals surface area (Å²) in [6.45, 7) is 5.21. The minimum atomic E-state index is 0.470. The van der Waals surface area contributed by atoms with Crippen LogP contribution in [-0.2, 0) is 0 Å². The van der Waals surface area contributed by atoms with Gasteiger partial charge in [0.2, 0.25) is 5.95 Å². The number of aromatic nitrogens is 2. The predicted molar refractivity (Wildman–Crippen MR) is 91.2 cm³/mol. The normalized spacial score (nSPS) is 17.8. The van der Waals surface area contributed by atoms with E-state index in [1.165, 1.54) is 32.1 Å². The number of fused-ring (bicyclic) bond motifs is 1. The summed E-state index contributed by atoms with van der Waals surface area (Å²) in [7, 11) is 0. The topological polar surface area (TPSA) is 49.8 Å². The highest BCUT2D eigenvalue weighted by atomic mass is 32.1. The number of hydrogen-bond donors (Lipinski definition) is 2. The minimum Gasteiger partial charge on any atom is -0.367 e. The SMILES string of the molecule is CCNc1nc(NC(C)C2CCCCC2)c2ccsc2n1. The maximum absolute atomic E-state index is 4.67. The monoisotopic (exact) mass is 304 g/mol. The molecule has 0 saturated heterocycles. The van der Waals surface area contributed by atoms with Crippen molar-refractivity contribution in [2.45, 2.75) is 52.0 Å². The standard InChI is InChI=1S/C16H24N4S/c1-3-17-16-19-14(13-9-10-21-15(13)20-16)18-11(2)12-7-5-4-6-8-12/h9-12H,3-8H2,1-2H3,(H2,17,18,19,20). The van der Waals surface area contributed by atoms with Crippen LogP contribution in [0.15, 0.2) is 11.4 Å². The molecule has 2 N–H and O–H groups in total. The Labute approximate surface area is 130 Å². The average molecular weight is 304 g/mol. The van der Waals surface area contributed by atoms with Gasteiger partial charge in [-0.3, -0.25) is 0 Å². The Balaban J connectivity index is 1.82. The summed E-state index contributed by atoms with van der Waals surface area (Å²) in [4.78, 5) is 10.3. The van der Waals surface area contributed by atoms with Gasteiger partial charge in [0, 0.05) is 12.6 Å². The van der Waals surface area contributed by atoms with Crippen molar-refractivity contribution in [3.8, 4) is 0 Å². The van der Waals surface area contributed by atoms with Gasteiger partial charge in [-0.25, -0.2) is 4.98 Å². The molecular weight excluding hydrogens is 280 g/mol. The maximum Gasteiger partial charge on any atom is 0.226 e. The van der Waals surface area contributed by atoms with Crippen LogP contribution in [0.2, 0.25) is 0 Å². The van der Waals surface area contributed by atoms with Gasteiger partial charge in [0.15, 0.2) is 0 Å². The zero-order valence-electron chi connectivity index (χ0n) is 12.9. The average Bonchev–Trinajstić information content (AvgIpc) is 2.97. The van der Waals surface area contributed by atoms with Crippen molar-refractivity contribution in [1.29, 1.82) is 0 Å². The zero-order valence-corrected chi connectivity index (χ0v) is 13.7. The van der Waals surface area contributed by atoms with E-state index in [1.807, 2.05) is 0 Å². The lowest BCUT2D eigenvalue weighted by atomic mass is 9.84. The van der Waals surface area contributed by atoms with Crippen LogP contribution in [0.4, 0.5) is 11.8 Å². The van der Waals surface area contributed by atoms with Crippen LogP contribution >= 0.6 is 11.3 Å². The Morgan fingerprint density at radius 3 is 2.86 bits per heavy atom. The smallest absolute Gasteiger partial charge is 0.226 e. The molecule has 1 atom stereocenters.